The van der Waals surface area contributed by atoms with E-state index < -0.39 is 18.3 Å². The highest BCUT2D eigenvalue weighted by atomic mass is 127. The van der Waals surface area contributed by atoms with Crippen LogP contribution < -0.4 is 10.6 Å². The third-order valence-electron chi connectivity index (χ3n) is 4.36. The van der Waals surface area contributed by atoms with Crippen LogP contribution in [0.5, 0.6) is 0 Å². The standard InChI is InChI=1S/C19H36F3N5O2.HI/c1-14(2)27(17(28)29-18(3,4)5)10-7-9-24-16(23-6)25-15-8-11-26(12-15)13-19(20,21)22;/h14-15H,7-13H2,1-6H3,(H2,23,24,25);1H. The van der Waals surface area contributed by atoms with E-state index in [4.69, 9.17) is 4.74 Å². The lowest BCUT2D eigenvalue weighted by atomic mass is 10.2. The summed E-state index contributed by atoms with van der Waals surface area (Å²) in [6, 6.07) is -0.0575. The number of guanidine groups is 1. The molecule has 0 aromatic heterocycles. The third kappa shape index (κ3) is 12.0. The Labute approximate surface area is 195 Å². The van der Waals surface area contributed by atoms with Gasteiger partial charge in [0.1, 0.15) is 5.60 Å². The van der Waals surface area contributed by atoms with Gasteiger partial charge in [-0.3, -0.25) is 9.89 Å². The van der Waals surface area contributed by atoms with E-state index in [1.165, 1.54) is 4.90 Å². The molecule has 0 bridgehead atoms. The van der Waals surface area contributed by atoms with E-state index in [2.05, 4.69) is 15.6 Å². The Kier molecular flexibility index (Phi) is 12.4. The summed E-state index contributed by atoms with van der Waals surface area (Å²) < 4.78 is 42.9. The lowest BCUT2D eigenvalue weighted by Gasteiger charge is -2.30. The largest absolute Gasteiger partial charge is 0.444 e. The normalized spacial score (nSPS) is 18.2. The number of hydrogen-bond donors (Lipinski definition) is 2. The van der Waals surface area contributed by atoms with Crippen molar-refractivity contribution in [2.75, 3.05) is 39.8 Å². The van der Waals surface area contributed by atoms with Crippen LogP contribution in [-0.4, -0.2) is 85.5 Å². The van der Waals surface area contributed by atoms with Gasteiger partial charge in [0.25, 0.3) is 0 Å². The smallest absolute Gasteiger partial charge is 0.410 e. The Morgan fingerprint density at radius 2 is 1.93 bits per heavy atom. The topological polar surface area (TPSA) is 69.2 Å². The molecule has 0 saturated carbocycles. The van der Waals surface area contributed by atoms with Crippen molar-refractivity contribution in [1.29, 1.82) is 0 Å². The maximum Gasteiger partial charge on any atom is 0.410 e. The molecule has 1 heterocycles. The van der Waals surface area contributed by atoms with Crippen LogP contribution in [0.2, 0.25) is 0 Å². The average molecular weight is 551 g/mol. The van der Waals surface area contributed by atoms with Crippen molar-refractivity contribution in [2.45, 2.75) is 71.3 Å². The van der Waals surface area contributed by atoms with E-state index in [0.29, 0.717) is 45.0 Å². The van der Waals surface area contributed by atoms with Crippen LogP contribution in [0.3, 0.4) is 0 Å². The lowest BCUT2D eigenvalue weighted by Crippen LogP contribution is -2.46. The average Bonchev–Trinajstić information content (AvgIpc) is 2.96. The van der Waals surface area contributed by atoms with Crippen molar-refractivity contribution in [3.8, 4) is 0 Å². The van der Waals surface area contributed by atoms with Crippen molar-refractivity contribution in [2.24, 2.45) is 4.99 Å². The fourth-order valence-electron chi connectivity index (χ4n) is 3.07. The molecule has 178 valence electrons. The van der Waals surface area contributed by atoms with E-state index in [1.807, 2.05) is 34.6 Å². The molecule has 1 amide bonds. The van der Waals surface area contributed by atoms with E-state index in [0.717, 1.165) is 0 Å². The van der Waals surface area contributed by atoms with Gasteiger partial charge < -0.3 is 20.3 Å². The first-order valence-electron chi connectivity index (χ1n) is 10.1. The Hall–Kier alpha value is -0.980. The quantitative estimate of drug-likeness (QED) is 0.220. The number of rotatable bonds is 7. The van der Waals surface area contributed by atoms with Gasteiger partial charge in [0.05, 0.1) is 6.54 Å². The number of amides is 1. The number of aliphatic imine (C=N–C) groups is 1. The number of halogens is 4. The van der Waals surface area contributed by atoms with Crippen molar-refractivity contribution in [3.63, 3.8) is 0 Å². The molecule has 2 N–H and O–H groups in total. The van der Waals surface area contributed by atoms with Gasteiger partial charge in [-0.1, -0.05) is 0 Å². The zero-order chi connectivity index (χ0) is 22.2. The summed E-state index contributed by atoms with van der Waals surface area (Å²) in [6.45, 7) is 10.3. The predicted molar refractivity (Wildman–Crippen MR) is 124 cm³/mol. The number of likely N-dealkylation sites (tertiary alicyclic amines) is 1. The maximum atomic E-state index is 12.5. The highest BCUT2D eigenvalue weighted by Gasteiger charge is 2.34. The predicted octanol–water partition coefficient (Wildman–Crippen LogP) is 3.44. The summed E-state index contributed by atoms with van der Waals surface area (Å²) in [5.74, 6) is 0.553. The van der Waals surface area contributed by atoms with E-state index in [9.17, 15) is 18.0 Å². The molecule has 0 aromatic rings. The minimum absolute atomic E-state index is 0. The molecular weight excluding hydrogens is 514 g/mol. The summed E-state index contributed by atoms with van der Waals surface area (Å²) in [5, 5.41) is 6.33. The van der Waals surface area contributed by atoms with Crippen LogP contribution in [0, 0.1) is 0 Å². The number of carbonyl (C=O) groups is 1. The minimum Gasteiger partial charge on any atom is -0.444 e. The molecule has 0 spiro atoms. The molecule has 1 rings (SSSR count). The summed E-state index contributed by atoms with van der Waals surface area (Å²) in [6.07, 6.45) is -3.20. The molecule has 0 aromatic carbocycles. The first kappa shape index (κ1) is 29.0. The number of ether oxygens (including phenoxy) is 1. The number of carbonyl (C=O) groups excluding carboxylic acids is 1. The Bertz CT molecular complexity index is 553. The van der Waals surface area contributed by atoms with E-state index in [1.54, 1.807) is 11.9 Å². The summed E-state index contributed by atoms with van der Waals surface area (Å²) in [7, 11) is 1.62. The van der Waals surface area contributed by atoms with Crippen LogP contribution >= 0.6 is 24.0 Å². The van der Waals surface area contributed by atoms with Gasteiger partial charge in [-0.15, -0.1) is 24.0 Å². The van der Waals surface area contributed by atoms with Gasteiger partial charge in [-0.2, -0.15) is 13.2 Å². The molecule has 0 aliphatic carbocycles. The summed E-state index contributed by atoms with van der Waals surface area (Å²) in [4.78, 5) is 19.5. The SMILES string of the molecule is CN=C(NCCCN(C(=O)OC(C)(C)C)C(C)C)NC1CCN(CC(F)(F)F)C1.I. The van der Waals surface area contributed by atoms with E-state index in [-0.39, 0.29) is 42.2 Å². The van der Waals surface area contributed by atoms with Crippen LogP contribution in [0.4, 0.5) is 18.0 Å². The van der Waals surface area contributed by atoms with Gasteiger partial charge in [0.15, 0.2) is 5.96 Å². The number of nitrogens with one attached hydrogen (secondary N) is 2. The van der Waals surface area contributed by atoms with E-state index >= 15 is 0 Å². The van der Waals surface area contributed by atoms with Crippen molar-refractivity contribution >= 4 is 36.0 Å². The zero-order valence-corrected chi connectivity index (χ0v) is 21.1. The molecule has 1 aliphatic heterocycles. The molecule has 11 heteroatoms. The van der Waals surface area contributed by atoms with Crippen LogP contribution in [0.25, 0.3) is 0 Å². The van der Waals surface area contributed by atoms with Gasteiger partial charge >= 0.3 is 12.3 Å². The molecule has 1 unspecified atom stereocenters. The molecule has 1 saturated heterocycles. The van der Waals surface area contributed by atoms with Gasteiger partial charge in [-0.25, -0.2) is 4.79 Å². The second kappa shape index (κ2) is 12.8. The van der Waals surface area contributed by atoms with Crippen LogP contribution in [0.15, 0.2) is 4.99 Å². The second-order valence-electron chi connectivity index (χ2n) is 8.60. The van der Waals surface area contributed by atoms with Crippen LogP contribution in [-0.2, 0) is 4.74 Å². The van der Waals surface area contributed by atoms with Gasteiger partial charge in [0, 0.05) is 45.3 Å². The number of alkyl halides is 3. The number of nitrogens with zero attached hydrogens (tertiary/aromatic N) is 3. The van der Waals surface area contributed by atoms with Crippen molar-refractivity contribution < 1.29 is 22.7 Å². The van der Waals surface area contributed by atoms with Gasteiger partial charge in [0.2, 0.25) is 0 Å². The first-order chi connectivity index (χ1) is 13.3. The molecule has 7 nitrogen and oxygen atoms in total. The molecule has 1 aliphatic rings. The Balaban J connectivity index is 0.00000841. The zero-order valence-electron chi connectivity index (χ0n) is 18.8. The Morgan fingerprint density at radius 3 is 2.43 bits per heavy atom. The fourth-order valence-corrected chi connectivity index (χ4v) is 3.07. The molecular formula is C19H37F3IN5O2. The van der Waals surface area contributed by atoms with Gasteiger partial charge in [-0.05, 0) is 47.5 Å². The molecule has 1 atom stereocenters. The second-order valence-corrected chi connectivity index (χ2v) is 8.60. The van der Waals surface area contributed by atoms with Crippen LogP contribution in [0.1, 0.15) is 47.5 Å². The molecule has 30 heavy (non-hydrogen) atoms. The first-order valence-corrected chi connectivity index (χ1v) is 10.1. The monoisotopic (exact) mass is 551 g/mol. The lowest BCUT2D eigenvalue weighted by molar-refractivity contribution is -0.143. The number of hydrogen-bond acceptors (Lipinski definition) is 4. The van der Waals surface area contributed by atoms with Crippen molar-refractivity contribution in [3.05, 3.63) is 0 Å². The highest BCUT2D eigenvalue weighted by molar-refractivity contribution is 14.0. The fraction of sp³-hybridized carbons (Fsp3) is 0.895. The third-order valence-corrected chi connectivity index (χ3v) is 4.36. The summed E-state index contributed by atoms with van der Waals surface area (Å²) in [5.41, 5.74) is -0.546. The minimum atomic E-state index is -4.18. The molecule has 0 radical (unpaired) electrons. The Morgan fingerprint density at radius 1 is 1.30 bits per heavy atom. The maximum absolute atomic E-state index is 12.5. The van der Waals surface area contributed by atoms with Crippen molar-refractivity contribution in [1.82, 2.24) is 20.4 Å². The highest BCUT2D eigenvalue weighted by Crippen LogP contribution is 2.20. The summed E-state index contributed by atoms with van der Waals surface area (Å²) >= 11 is 0. The molecule has 1 fully saturated rings.